The number of amides is 2. The van der Waals surface area contributed by atoms with E-state index in [-0.39, 0.29) is 11.8 Å². The fraction of sp³-hybridized carbons (Fsp3) is 0.167. The minimum atomic E-state index is -0.652. The lowest BCUT2D eigenvalue weighted by Gasteiger charge is -2.42. The Labute approximate surface area is 215 Å². The topological polar surface area (TPSA) is 80.8 Å². The third-order valence-electron chi connectivity index (χ3n) is 6.62. The summed E-state index contributed by atoms with van der Waals surface area (Å²) in [4.78, 5) is 33.7. The molecular formula is C30H27N3O4. The molecule has 0 saturated heterocycles. The molecule has 0 saturated carbocycles. The van der Waals surface area contributed by atoms with Crippen molar-refractivity contribution in [2.45, 2.75) is 18.5 Å². The first kappa shape index (κ1) is 24.1. The Bertz CT molecular complexity index is 1390. The van der Waals surface area contributed by atoms with E-state index in [1.54, 1.807) is 37.6 Å². The molecule has 0 radical (unpaired) electrons. The third-order valence-corrected chi connectivity index (χ3v) is 6.62. The van der Waals surface area contributed by atoms with Gasteiger partial charge in [0.25, 0.3) is 5.91 Å². The van der Waals surface area contributed by atoms with Crippen LogP contribution < -0.4 is 19.7 Å². The Kier molecular flexibility index (Phi) is 6.85. The largest absolute Gasteiger partial charge is 0.497 e. The normalized spacial score (nSPS) is 16.6. The molecule has 2 heterocycles. The number of hydrogen-bond donors (Lipinski definition) is 1. The zero-order chi connectivity index (χ0) is 25.8. The highest BCUT2D eigenvalue weighted by molar-refractivity contribution is 6.11. The molecule has 0 spiro atoms. The number of nitrogens with zero attached hydrogens (tertiary/aromatic N) is 2. The van der Waals surface area contributed by atoms with Crippen LogP contribution in [0.2, 0.25) is 0 Å². The van der Waals surface area contributed by atoms with Crippen LogP contribution in [0.1, 0.15) is 39.0 Å². The van der Waals surface area contributed by atoms with Gasteiger partial charge >= 0.3 is 0 Å². The Morgan fingerprint density at radius 1 is 0.892 bits per heavy atom. The fourth-order valence-corrected chi connectivity index (χ4v) is 4.79. The van der Waals surface area contributed by atoms with Crippen molar-refractivity contribution in [1.29, 1.82) is 0 Å². The van der Waals surface area contributed by atoms with Crippen molar-refractivity contribution in [3.05, 3.63) is 120 Å². The van der Waals surface area contributed by atoms with Crippen LogP contribution in [0.5, 0.6) is 11.5 Å². The molecule has 186 valence electrons. The van der Waals surface area contributed by atoms with E-state index in [4.69, 9.17) is 9.47 Å². The number of aromatic nitrogens is 1. The first-order chi connectivity index (χ1) is 18.1. The van der Waals surface area contributed by atoms with E-state index in [1.807, 2.05) is 78.9 Å². The molecule has 1 N–H and O–H groups in total. The van der Waals surface area contributed by atoms with Gasteiger partial charge in [0.15, 0.2) is 0 Å². The molecule has 1 aliphatic heterocycles. The van der Waals surface area contributed by atoms with Gasteiger partial charge in [-0.3, -0.25) is 19.5 Å². The summed E-state index contributed by atoms with van der Waals surface area (Å²) in [7, 11) is 3.20. The van der Waals surface area contributed by atoms with Gasteiger partial charge in [-0.1, -0.05) is 36.4 Å². The van der Waals surface area contributed by atoms with Gasteiger partial charge < -0.3 is 14.8 Å². The number of carbonyl (C=O) groups is 2. The third kappa shape index (κ3) is 4.76. The number of carbonyl (C=O) groups excluding carboxylic acids is 2. The second-order valence-corrected chi connectivity index (χ2v) is 8.74. The standard InChI is InChI=1S/C30H27N3O4/c1-36-23-13-9-21(10-14-23)28-27(29(34)32-19-20-6-5-17-31-18-20)25-7-3-4-8-26(25)30(35)33(28)22-11-15-24(37-2)16-12-22/h3-18,27-28H,19H2,1-2H3,(H,32,34)/t27-,28-/m0/s1. The average molecular weight is 494 g/mol. The Balaban J connectivity index is 1.63. The Morgan fingerprint density at radius 3 is 2.22 bits per heavy atom. The van der Waals surface area contributed by atoms with Crippen LogP contribution in [0.4, 0.5) is 5.69 Å². The molecule has 1 aliphatic rings. The van der Waals surface area contributed by atoms with Gasteiger partial charge in [0.2, 0.25) is 5.91 Å². The van der Waals surface area contributed by atoms with Gasteiger partial charge in [-0.2, -0.15) is 0 Å². The molecule has 0 fully saturated rings. The molecule has 2 amide bonds. The number of anilines is 1. The van der Waals surface area contributed by atoms with Crippen LogP contribution in [0.15, 0.2) is 97.3 Å². The molecule has 7 nitrogen and oxygen atoms in total. The number of rotatable bonds is 7. The summed E-state index contributed by atoms with van der Waals surface area (Å²) in [5.41, 5.74) is 3.59. The van der Waals surface area contributed by atoms with E-state index in [9.17, 15) is 9.59 Å². The second kappa shape index (κ2) is 10.5. The van der Waals surface area contributed by atoms with Crippen molar-refractivity contribution >= 4 is 17.5 Å². The van der Waals surface area contributed by atoms with Crippen molar-refractivity contribution in [3.8, 4) is 11.5 Å². The van der Waals surface area contributed by atoms with E-state index >= 15 is 0 Å². The van der Waals surface area contributed by atoms with Crippen LogP contribution >= 0.6 is 0 Å². The van der Waals surface area contributed by atoms with E-state index in [0.717, 1.165) is 11.1 Å². The molecule has 0 bridgehead atoms. The van der Waals surface area contributed by atoms with Crippen molar-refractivity contribution in [2.24, 2.45) is 0 Å². The highest BCUT2D eigenvalue weighted by Gasteiger charge is 2.44. The molecule has 3 aromatic carbocycles. The SMILES string of the molecule is COc1ccc([C@H]2[C@@H](C(=O)NCc3cccnc3)c3ccccc3C(=O)N2c2ccc(OC)cc2)cc1. The number of nitrogens with one attached hydrogen (secondary N) is 1. The summed E-state index contributed by atoms with van der Waals surface area (Å²) in [5.74, 6) is 0.377. The van der Waals surface area contributed by atoms with Crippen LogP contribution in [0, 0.1) is 0 Å². The predicted octanol–water partition coefficient (Wildman–Crippen LogP) is 4.90. The van der Waals surface area contributed by atoms with E-state index < -0.39 is 12.0 Å². The maximum absolute atomic E-state index is 14.0. The highest BCUT2D eigenvalue weighted by atomic mass is 16.5. The minimum Gasteiger partial charge on any atom is -0.497 e. The maximum atomic E-state index is 14.0. The first-order valence-corrected chi connectivity index (χ1v) is 12.0. The van der Waals surface area contributed by atoms with Gasteiger partial charge in [0.05, 0.1) is 26.2 Å². The van der Waals surface area contributed by atoms with Crippen molar-refractivity contribution in [3.63, 3.8) is 0 Å². The van der Waals surface area contributed by atoms with Crippen molar-refractivity contribution < 1.29 is 19.1 Å². The quantitative estimate of drug-likeness (QED) is 0.396. The summed E-state index contributed by atoms with van der Waals surface area (Å²) < 4.78 is 10.7. The lowest BCUT2D eigenvalue weighted by atomic mass is 9.78. The lowest BCUT2D eigenvalue weighted by molar-refractivity contribution is -0.123. The summed E-state index contributed by atoms with van der Waals surface area (Å²) in [6.07, 6.45) is 3.42. The van der Waals surface area contributed by atoms with Crippen LogP contribution in [0.25, 0.3) is 0 Å². The maximum Gasteiger partial charge on any atom is 0.259 e. The molecule has 2 atom stereocenters. The number of benzene rings is 3. The fourth-order valence-electron chi connectivity index (χ4n) is 4.79. The molecular weight excluding hydrogens is 466 g/mol. The molecule has 7 heteroatoms. The molecule has 5 rings (SSSR count). The smallest absolute Gasteiger partial charge is 0.259 e. The van der Waals surface area contributed by atoms with E-state index in [0.29, 0.717) is 34.9 Å². The monoisotopic (exact) mass is 493 g/mol. The minimum absolute atomic E-state index is 0.169. The predicted molar refractivity (Wildman–Crippen MR) is 141 cm³/mol. The zero-order valence-electron chi connectivity index (χ0n) is 20.6. The summed E-state index contributed by atoms with van der Waals surface area (Å²) in [6, 6.07) is 25.3. The number of hydrogen-bond acceptors (Lipinski definition) is 5. The number of pyridine rings is 1. The molecule has 0 unspecified atom stereocenters. The Hall–Kier alpha value is -4.65. The zero-order valence-corrected chi connectivity index (χ0v) is 20.6. The number of ether oxygens (including phenoxy) is 2. The van der Waals surface area contributed by atoms with Gasteiger partial charge in [0.1, 0.15) is 11.5 Å². The average Bonchev–Trinajstić information content (AvgIpc) is 2.96. The summed E-state index contributed by atoms with van der Waals surface area (Å²) >= 11 is 0. The molecule has 37 heavy (non-hydrogen) atoms. The van der Waals surface area contributed by atoms with Gasteiger partial charge in [-0.15, -0.1) is 0 Å². The van der Waals surface area contributed by atoms with Gasteiger partial charge in [-0.25, -0.2) is 0 Å². The van der Waals surface area contributed by atoms with Crippen LogP contribution in [-0.4, -0.2) is 31.0 Å². The number of fused-ring (bicyclic) bond motifs is 1. The van der Waals surface area contributed by atoms with E-state index in [1.165, 1.54) is 0 Å². The van der Waals surface area contributed by atoms with E-state index in [2.05, 4.69) is 10.3 Å². The Morgan fingerprint density at radius 2 is 1.57 bits per heavy atom. The van der Waals surface area contributed by atoms with Gasteiger partial charge in [-0.05, 0) is 65.2 Å². The first-order valence-electron chi connectivity index (χ1n) is 12.0. The molecule has 0 aliphatic carbocycles. The summed E-state index contributed by atoms with van der Waals surface area (Å²) in [5, 5.41) is 3.08. The lowest BCUT2D eigenvalue weighted by Crippen LogP contribution is -2.47. The van der Waals surface area contributed by atoms with Gasteiger partial charge in [0, 0.05) is 30.2 Å². The van der Waals surface area contributed by atoms with Crippen molar-refractivity contribution in [2.75, 3.05) is 19.1 Å². The van der Waals surface area contributed by atoms with Crippen LogP contribution in [-0.2, 0) is 11.3 Å². The molecule has 1 aromatic heterocycles. The van der Waals surface area contributed by atoms with Crippen LogP contribution in [0.3, 0.4) is 0 Å². The highest BCUT2D eigenvalue weighted by Crippen LogP contribution is 2.45. The molecule has 4 aromatic rings. The van der Waals surface area contributed by atoms with Crippen molar-refractivity contribution in [1.82, 2.24) is 10.3 Å². The summed E-state index contributed by atoms with van der Waals surface area (Å²) in [6.45, 7) is 0.331. The second-order valence-electron chi connectivity index (χ2n) is 8.74. The number of methoxy groups -OCH3 is 2.